The number of aromatic nitrogens is 2. The molecule has 0 saturated carbocycles. The first kappa shape index (κ1) is 24.0. The van der Waals surface area contributed by atoms with Crippen LogP contribution in [-0.4, -0.2) is 33.4 Å². The minimum atomic E-state index is -3.65. The molecule has 1 aromatic heterocycles. The maximum absolute atomic E-state index is 14.0. The van der Waals surface area contributed by atoms with Crippen LogP contribution in [0.1, 0.15) is 67.0 Å². The van der Waals surface area contributed by atoms with Crippen molar-refractivity contribution in [1.82, 2.24) is 13.9 Å². The lowest BCUT2D eigenvalue weighted by atomic mass is 9.80. The zero-order chi connectivity index (χ0) is 24.8. The molecule has 0 aliphatic carbocycles. The van der Waals surface area contributed by atoms with E-state index >= 15 is 0 Å². The van der Waals surface area contributed by atoms with Crippen molar-refractivity contribution in [3.8, 4) is 5.69 Å². The van der Waals surface area contributed by atoms with Crippen molar-refractivity contribution in [1.29, 1.82) is 0 Å². The Kier molecular flexibility index (Phi) is 6.20. The second-order valence-electron chi connectivity index (χ2n) is 10.1. The van der Waals surface area contributed by atoms with Gasteiger partial charge in [0.25, 0.3) is 0 Å². The molecule has 0 bridgehead atoms. The minimum absolute atomic E-state index is 0.0251. The summed E-state index contributed by atoms with van der Waals surface area (Å²) < 4.78 is 31.8. The molecule has 35 heavy (non-hydrogen) atoms. The number of imidazole rings is 1. The number of piperidine rings is 1. The molecular formula is C28H33N3O3S. The van der Waals surface area contributed by atoms with Crippen LogP contribution < -0.4 is 0 Å². The number of fused-ring (bicyclic) bond motifs is 1. The number of hydrogen-bond donors (Lipinski definition) is 1. The Labute approximate surface area is 208 Å². The van der Waals surface area contributed by atoms with Crippen molar-refractivity contribution >= 4 is 16.1 Å². The number of benzene rings is 2. The Morgan fingerprint density at radius 2 is 1.91 bits per heavy atom. The molecule has 1 N–H and O–H groups in total. The molecule has 3 heterocycles. The zero-order valence-corrected chi connectivity index (χ0v) is 21.4. The Morgan fingerprint density at radius 3 is 2.60 bits per heavy atom. The lowest BCUT2D eigenvalue weighted by Crippen LogP contribution is -2.57. The first-order valence-corrected chi connectivity index (χ1v) is 13.7. The van der Waals surface area contributed by atoms with Crippen molar-refractivity contribution in [3.63, 3.8) is 0 Å². The van der Waals surface area contributed by atoms with Gasteiger partial charge in [0.2, 0.25) is 10.0 Å². The number of hydrogen-bond acceptors (Lipinski definition) is 4. The lowest BCUT2D eigenvalue weighted by Gasteiger charge is -2.51. The molecule has 2 fully saturated rings. The summed E-state index contributed by atoms with van der Waals surface area (Å²) >= 11 is 0. The van der Waals surface area contributed by atoms with Gasteiger partial charge in [0.05, 0.1) is 34.8 Å². The van der Waals surface area contributed by atoms with E-state index in [2.05, 4.69) is 36.2 Å². The molecule has 184 valence electrons. The largest absolute Gasteiger partial charge is 0.392 e. The fraction of sp³-hybridized carbons (Fsp3) is 0.393. The first-order valence-electron chi connectivity index (χ1n) is 12.3. The van der Waals surface area contributed by atoms with Gasteiger partial charge in [0.1, 0.15) is 0 Å². The van der Waals surface area contributed by atoms with E-state index in [1.54, 1.807) is 16.7 Å². The van der Waals surface area contributed by atoms with E-state index in [4.69, 9.17) is 0 Å². The molecule has 2 aliphatic rings. The van der Waals surface area contributed by atoms with Crippen molar-refractivity contribution in [2.75, 3.05) is 0 Å². The molecule has 2 atom stereocenters. The van der Waals surface area contributed by atoms with E-state index in [1.807, 2.05) is 42.8 Å². The molecule has 3 aromatic rings. The van der Waals surface area contributed by atoms with Gasteiger partial charge in [-0.2, -0.15) is 4.31 Å². The number of aliphatic hydroxyl groups is 1. The highest BCUT2D eigenvalue weighted by Crippen LogP contribution is 2.48. The maximum Gasteiger partial charge on any atom is 0.240 e. The van der Waals surface area contributed by atoms with Crippen molar-refractivity contribution in [3.05, 3.63) is 87.8 Å². The van der Waals surface area contributed by atoms with E-state index in [0.29, 0.717) is 11.3 Å². The van der Waals surface area contributed by atoms with Crippen LogP contribution in [0.4, 0.5) is 0 Å². The van der Waals surface area contributed by atoms with Crippen LogP contribution in [0.2, 0.25) is 0 Å². The highest BCUT2D eigenvalue weighted by molar-refractivity contribution is 7.93. The van der Waals surface area contributed by atoms with Gasteiger partial charge in [-0.1, -0.05) is 35.9 Å². The summed E-state index contributed by atoms with van der Waals surface area (Å²) in [7, 11) is -3.65. The summed E-state index contributed by atoms with van der Waals surface area (Å²) in [4.78, 5) is 4.72. The van der Waals surface area contributed by atoms with Crippen LogP contribution in [0.25, 0.3) is 11.8 Å². The number of aliphatic hydroxyl groups excluding tert-OH is 1. The molecule has 2 aliphatic heterocycles. The van der Waals surface area contributed by atoms with Gasteiger partial charge in [-0.05, 0) is 82.2 Å². The highest BCUT2D eigenvalue weighted by Gasteiger charge is 2.50. The number of aryl methyl sites for hydroxylation is 2. The van der Waals surface area contributed by atoms with Crippen molar-refractivity contribution in [2.45, 2.75) is 71.1 Å². The monoisotopic (exact) mass is 491 g/mol. The molecule has 2 unspecified atom stereocenters. The fourth-order valence-corrected chi connectivity index (χ4v) is 7.99. The topological polar surface area (TPSA) is 75.4 Å². The Morgan fingerprint density at radius 1 is 1.14 bits per heavy atom. The third-order valence-corrected chi connectivity index (χ3v) is 9.80. The Bertz CT molecular complexity index is 1370. The summed E-state index contributed by atoms with van der Waals surface area (Å²) in [5.74, 6) is 0. The summed E-state index contributed by atoms with van der Waals surface area (Å²) in [6.07, 6.45) is 9.51. The number of sulfonamides is 1. The van der Waals surface area contributed by atoms with Gasteiger partial charge in [-0.3, -0.25) is 0 Å². The van der Waals surface area contributed by atoms with Crippen LogP contribution in [0.15, 0.2) is 59.9 Å². The molecule has 2 aromatic carbocycles. The Balaban J connectivity index is 1.53. The predicted octanol–water partition coefficient (Wildman–Crippen LogP) is 5.22. The van der Waals surface area contributed by atoms with E-state index in [1.165, 1.54) is 5.56 Å². The van der Waals surface area contributed by atoms with Gasteiger partial charge in [-0.15, -0.1) is 0 Å². The van der Waals surface area contributed by atoms with E-state index in [-0.39, 0.29) is 12.6 Å². The third-order valence-electron chi connectivity index (χ3n) is 7.60. The van der Waals surface area contributed by atoms with Gasteiger partial charge < -0.3 is 9.67 Å². The van der Waals surface area contributed by atoms with Gasteiger partial charge >= 0.3 is 0 Å². The van der Waals surface area contributed by atoms with Crippen molar-refractivity contribution in [2.24, 2.45) is 0 Å². The number of nitrogens with zero attached hydrogens (tertiary/aromatic N) is 3. The Hall–Kier alpha value is -2.74. The van der Waals surface area contributed by atoms with Gasteiger partial charge in [0, 0.05) is 17.8 Å². The quantitative estimate of drug-likeness (QED) is 0.543. The van der Waals surface area contributed by atoms with Crippen LogP contribution >= 0.6 is 0 Å². The number of rotatable bonds is 4. The summed E-state index contributed by atoms with van der Waals surface area (Å²) in [6.45, 7) is 5.90. The average Bonchev–Trinajstić information content (AvgIpc) is 3.27. The molecule has 6 nitrogen and oxygen atoms in total. The molecular weight excluding hydrogens is 458 g/mol. The standard InChI is InChI=1S/C28H33N3O3S/c1-20-6-9-24(10-7-20)28(3)14-4-5-25-11-12-26(35(33,34)31(25)28)16-22-8-13-27(23(15-22)18-32)30-17-21(2)29-19-30/h6-10,13,15-17,19,25,32H,4-5,11-12,14,18H2,1-3H3/b26-16+. The summed E-state index contributed by atoms with van der Waals surface area (Å²) in [6, 6.07) is 14.0. The van der Waals surface area contributed by atoms with Crippen molar-refractivity contribution < 1.29 is 13.5 Å². The van der Waals surface area contributed by atoms with Crippen LogP contribution in [0.3, 0.4) is 0 Å². The van der Waals surface area contributed by atoms with Crippen LogP contribution in [-0.2, 0) is 22.2 Å². The van der Waals surface area contributed by atoms with Crippen LogP contribution in [0, 0.1) is 13.8 Å². The number of allylic oxidation sites excluding steroid dienone is 1. The highest BCUT2D eigenvalue weighted by atomic mass is 32.2. The van der Waals surface area contributed by atoms with E-state index < -0.39 is 15.6 Å². The summed E-state index contributed by atoms with van der Waals surface area (Å²) in [5.41, 5.74) is 4.90. The predicted molar refractivity (Wildman–Crippen MR) is 138 cm³/mol. The molecule has 7 heteroatoms. The molecule has 0 amide bonds. The average molecular weight is 492 g/mol. The van der Waals surface area contributed by atoms with Gasteiger partial charge in [0.15, 0.2) is 0 Å². The second-order valence-corrected chi connectivity index (χ2v) is 12.0. The second kappa shape index (κ2) is 9.04. The molecule has 0 radical (unpaired) electrons. The molecule has 2 saturated heterocycles. The fourth-order valence-electron chi connectivity index (χ4n) is 5.74. The SMILES string of the molecule is Cc1ccc(C2(C)CCCC3CC/C(=C\c4ccc(-n5cnc(C)c5)c(CO)c4)S(=O)(=O)N32)cc1. The zero-order valence-electron chi connectivity index (χ0n) is 20.6. The first-order chi connectivity index (χ1) is 16.7. The lowest BCUT2D eigenvalue weighted by molar-refractivity contribution is 0.0850. The minimum Gasteiger partial charge on any atom is -0.392 e. The van der Waals surface area contributed by atoms with Gasteiger partial charge in [-0.25, -0.2) is 13.4 Å². The normalized spacial score (nSPS) is 25.5. The van der Waals surface area contributed by atoms with E-state index in [0.717, 1.165) is 53.8 Å². The third kappa shape index (κ3) is 4.26. The summed E-state index contributed by atoms with van der Waals surface area (Å²) in [5, 5.41) is 10.0. The maximum atomic E-state index is 14.0. The molecule has 5 rings (SSSR count). The van der Waals surface area contributed by atoms with E-state index in [9.17, 15) is 13.5 Å². The van der Waals surface area contributed by atoms with Crippen LogP contribution in [0.5, 0.6) is 0 Å². The molecule has 0 spiro atoms. The smallest absolute Gasteiger partial charge is 0.240 e.